The molecule has 2 aliphatic heterocycles. The highest BCUT2D eigenvalue weighted by Gasteiger charge is 2.48. The topological polar surface area (TPSA) is 105 Å². The number of nitrogens with one attached hydrogen (secondary N) is 1. The Bertz CT molecular complexity index is 909. The van der Waals surface area contributed by atoms with E-state index in [0.29, 0.717) is 12.6 Å². The van der Waals surface area contributed by atoms with Gasteiger partial charge in [-0.15, -0.1) is 11.3 Å². The molecule has 1 amide bonds. The van der Waals surface area contributed by atoms with E-state index in [0.717, 1.165) is 37.5 Å². The lowest BCUT2D eigenvalue weighted by atomic mass is 10.0. The highest BCUT2D eigenvalue weighted by molar-refractivity contribution is 7.09. The number of fused-ring (bicyclic) bond motifs is 1. The van der Waals surface area contributed by atoms with Gasteiger partial charge in [-0.3, -0.25) is 9.69 Å². The minimum absolute atomic E-state index is 0.00491. The Kier molecular flexibility index (Phi) is 7.80. The van der Waals surface area contributed by atoms with Crippen LogP contribution in [0.15, 0.2) is 29.9 Å². The standard InChI is InChI=1S/C18H22N4O2S.C2HF3O2/c1-12-19-7-13(8-20-12)10-22-11-15(17-16(22)4-5-24-17)18(23)21-9-14-3-2-6-25-14;3-2(4,5)1(6)7/h2-3,6-8,15-17H,4-5,9-11H2,1H3,(H,21,23);(H,6,7)/t15-,16+,17+;/m0./s1. The second-order valence-corrected chi connectivity index (χ2v) is 8.50. The lowest BCUT2D eigenvalue weighted by Gasteiger charge is -2.21. The van der Waals surface area contributed by atoms with Gasteiger partial charge >= 0.3 is 12.1 Å². The summed E-state index contributed by atoms with van der Waals surface area (Å²) in [4.78, 5) is 33.6. The van der Waals surface area contributed by atoms with Crippen LogP contribution in [0.4, 0.5) is 13.2 Å². The van der Waals surface area contributed by atoms with Crippen LogP contribution < -0.4 is 5.32 Å². The lowest BCUT2D eigenvalue weighted by molar-refractivity contribution is -0.192. The minimum atomic E-state index is -5.08. The van der Waals surface area contributed by atoms with Crippen LogP contribution in [-0.4, -0.2) is 63.3 Å². The lowest BCUT2D eigenvalue weighted by Crippen LogP contribution is -2.37. The van der Waals surface area contributed by atoms with Gasteiger partial charge in [0.1, 0.15) is 5.82 Å². The maximum atomic E-state index is 12.7. The number of aliphatic carboxylic acids is 1. The van der Waals surface area contributed by atoms with Crippen LogP contribution in [0.25, 0.3) is 0 Å². The predicted molar refractivity (Wildman–Crippen MR) is 109 cm³/mol. The largest absolute Gasteiger partial charge is 0.490 e. The highest BCUT2D eigenvalue weighted by Crippen LogP contribution is 2.34. The van der Waals surface area contributed by atoms with E-state index in [1.165, 1.54) is 4.88 Å². The number of hydrogen-bond donors (Lipinski definition) is 2. The molecule has 2 fully saturated rings. The molecule has 8 nitrogen and oxygen atoms in total. The van der Waals surface area contributed by atoms with Crippen molar-refractivity contribution >= 4 is 23.2 Å². The van der Waals surface area contributed by atoms with Gasteiger partial charge in [-0.25, -0.2) is 14.8 Å². The summed E-state index contributed by atoms with van der Waals surface area (Å²) in [7, 11) is 0. The molecule has 0 bridgehead atoms. The van der Waals surface area contributed by atoms with Crippen LogP contribution in [-0.2, 0) is 27.4 Å². The van der Waals surface area contributed by atoms with Gasteiger partial charge in [0.2, 0.25) is 5.91 Å². The zero-order chi connectivity index (χ0) is 23.3. The van der Waals surface area contributed by atoms with E-state index in [1.54, 1.807) is 11.3 Å². The Morgan fingerprint density at radius 2 is 2.03 bits per heavy atom. The third-order valence-corrected chi connectivity index (χ3v) is 6.09. The molecule has 2 aromatic rings. The van der Waals surface area contributed by atoms with E-state index in [-0.39, 0.29) is 17.9 Å². The van der Waals surface area contributed by atoms with Gasteiger partial charge in [0.05, 0.1) is 18.6 Å². The van der Waals surface area contributed by atoms with Crippen molar-refractivity contribution in [1.29, 1.82) is 0 Å². The summed E-state index contributed by atoms with van der Waals surface area (Å²) >= 11 is 1.66. The smallest absolute Gasteiger partial charge is 0.475 e. The van der Waals surface area contributed by atoms with E-state index in [4.69, 9.17) is 14.6 Å². The third kappa shape index (κ3) is 6.24. The average molecular weight is 472 g/mol. The number of alkyl halides is 3. The molecule has 12 heteroatoms. The van der Waals surface area contributed by atoms with Crippen LogP contribution in [0.3, 0.4) is 0 Å². The second-order valence-electron chi connectivity index (χ2n) is 7.47. The van der Waals surface area contributed by atoms with Crippen molar-refractivity contribution < 1.29 is 32.6 Å². The number of nitrogens with zero attached hydrogens (tertiary/aromatic N) is 3. The number of likely N-dealkylation sites (tertiary alicyclic amines) is 1. The first-order valence-corrected chi connectivity index (χ1v) is 10.8. The Labute approximate surface area is 186 Å². The highest BCUT2D eigenvalue weighted by atomic mass is 32.1. The summed E-state index contributed by atoms with van der Waals surface area (Å²) in [6.07, 6.45) is -0.365. The molecule has 2 aromatic heterocycles. The van der Waals surface area contributed by atoms with Gasteiger partial charge < -0.3 is 15.2 Å². The summed E-state index contributed by atoms with van der Waals surface area (Å²) in [5, 5.41) is 12.2. The number of halogens is 3. The number of carbonyl (C=O) groups excluding carboxylic acids is 1. The number of aromatic nitrogens is 2. The molecule has 2 saturated heterocycles. The Morgan fingerprint density at radius 3 is 2.62 bits per heavy atom. The molecule has 0 radical (unpaired) electrons. The predicted octanol–water partition coefficient (Wildman–Crippen LogP) is 2.39. The molecule has 0 aromatic carbocycles. The van der Waals surface area contributed by atoms with Gasteiger partial charge in [0, 0.05) is 48.6 Å². The number of ether oxygens (including phenoxy) is 1. The Hall–Kier alpha value is -2.57. The molecular formula is C20H23F3N4O4S. The van der Waals surface area contributed by atoms with Gasteiger partial charge in [-0.1, -0.05) is 6.07 Å². The Morgan fingerprint density at radius 1 is 1.34 bits per heavy atom. The molecule has 0 unspecified atom stereocenters. The fourth-order valence-corrected chi connectivity index (χ4v) is 4.38. The van der Waals surface area contributed by atoms with E-state index in [1.807, 2.05) is 36.8 Å². The zero-order valence-corrected chi connectivity index (χ0v) is 18.0. The van der Waals surface area contributed by atoms with Crippen molar-refractivity contribution in [3.05, 3.63) is 46.2 Å². The molecule has 4 heterocycles. The molecule has 0 saturated carbocycles. The van der Waals surface area contributed by atoms with Crippen molar-refractivity contribution in [2.45, 2.75) is 44.8 Å². The Balaban J connectivity index is 0.000000360. The summed E-state index contributed by atoms with van der Waals surface area (Å²) in [5.74, 6) is -2.00. The first-order valence-electron chi connectivity index (χ1n) is 9.88. The summed E-state index contributed by atoms with van der Waals surface area (Å²) in [5.41, 5.74) is 1.08. The summed E-state index contributed by atoms with van der Waals surface area (Å²) < 4.78 is 37.6. The third-order valence-electron chi connectivity index (χ3n) is 5.22. The summed E-state index contributed by atoms with van der Waals surface area (Å²) in [6, 6.07) is 4.35. The summed E-state index contributed by atoms with van der Waals surface area (Å²) in [6.45, 7) is 4.69. The number of aryl methyl sites for hydroxylation is 1. The van der Waals surface area contributed by atoms with Gasteiger partial charge in [-0.05, 0) is 24.8 Å². The quantitative estimate of drug-likeness (QED) is 0.689. The molecule has 0 spiro atoms. The van der Waals surface area contributed by atoms with Crippen LogP contribution in [0, 0.1) is 12.8 Å². The molecule has 174 valence electrons. The van der Waals surface area contributed by atoms with E-state index >= 15 is 0 Å². The number of carbonyl (C=O) groups is 2. The van der Waals surface area contributed by atoms with Crippen molar-refractivity contribution in [3.8, 4) is 0 Å². The van der Waals surface area contributed by atoms with Crippen LogP contribution in [0.1, 0.15) is 22.7 Å². The fraction of sp³-hybridized carbons (Fsp3) is 0.500. The molecular weight excluding hydrogens is 449 g/mol. The monoisotopic (exact) mass is 472 g/mol. The van der Waals surface area contributed by atoms with E-state index in [2.05, 4.69) is 20.2 Å². The molecule has 2 aliphatic rings. The normalized spacial score (nSPS) is 22.7. The van der Waals surface area contributed by atoms with Gasteiger partial charge in [0.25, 0.3) is 0 Å². The first-order chi connectivity index (χ1) is 15.1. The maximum absolute atomic E-state index is 12.7. The molecule has 4 rings (SSSR count). The minimum Gasteiger partial charge on any atom is -0.475 e. The van der Waals surface area contributed by atoms with Crippen molar-refractivity contribution in [1.82, 2.24) is 20.2 Å². The van der Waals surface area contributed by atoms with Crippen molar-refractivity contribution in [2.24, 2.45) is 5.92 Å². The second kappa shape index (κ2) is 10.4. The van der Waals surface area contributed by atoms with Crippen molar-refractivity contribution in [2.75, 3.05) is 13.2 Å². The SMILES string of the molecule is Cc1ncc(CN2C[C@H](C(=O)NCc3cccs3)[C@H]3OCC[C@H]32)cn1.O=C(O)C(F)(F)F. The van der Waals surface area contributed by atoms with Gasteiger partial charge in [-0.2, -0.15) is 13.2 Å². The number of thiophene rings is 1. The molecule has 3 atom stereocenters. The van der Waals surface area contributed by atoms with E-state index in [9.17, 15) is 18.0 Å². The van der Waals surface area contributed by atoms with E-state index < -0.39 is 12.1 Å². The van der Waals surface area contributed by atoms with Crippen LogP contribution in [0.2, 0.25) is 0 Å². The van der Waals surface area contributed by atoms with Gasteiger partial charge in [0.15, 0.2) is 0 Å². The number of rotatable bonds is 5. The molecule has 2 N–H and O–H groups in total. The number of amides is 1. The fourth-order valence-electron chi connectivity index (χ4n) is 3.73. The zero-order valence-electron chi connectivity index (χ0n) is 17.2. The number of carboxylic acid groups (broad SMARTS) is 1. The average Bonchev–Trinajstić information content (AvgIpc) is 3.47. The maximum Gasteiger partial charge on any atom is 0.490 e. The van der Waals surface area contributed by atoms with Crippen molar-refractivity contribution in [3.63, 3.8) is 0 Å². The number of hydrogen-bond acceptors (Lipinski definition) is 7. The molecule has 32 heavy (non-hydrogen) atoms. The number of carboxylic acids is 1. The van der Waals surface area contributed by atoms with Crippen LogP contribution in [0.5, 0.6) is 0 Å². The first kappa shape index (κ1) is 24.1. The van der Waals surface area contributed by atoms with Crippen LogP contribution >= 0.6 is 11.3 Å². The molecule has 0 aliphatic carbocycles.